The zero-order chi connectivity index (χ0) is 8.69. The van der Waals surface area contributed by atoms with Crippen molar-refractivity contribution in [3.05, 3.63) is 12.2 Å². The van der Waals surface area contributed by atoms with E-state index in [1.54, 1.807) is 0 Å². The van der Waals surface area contributed by atoms with Gasteiger partial charge >= 0.3 is 5.97 Å². The van der Waals surface area contributed by atoms with Crippen LogP contribution < -0.4 is 0 Å². The Bertz CT molecular complexity index is 138. The van der Waals surface area contributed by atoms with E-state index in [1.165, 1.54) is 0 Å². The molecule has 0 saturated heterocycles. The fraction of sp³-hybridized carbons (Fsp3) is 0.667. The molecule has 0 amide bonds. The molecule has 0 aliphatic carbocycles. The van der Waals surface area contributed by atoms with Gasteiger partial charge in [0.05, 0.1) is 0 Å². The lowest BCUT2D eigenvalue weighted by molar-refractivity contribution is -0.138. The van der Waals surface area contributed by atoms with E-state index in [1.807, 2.05) is 19.9 Å². The third kappa shape index (κ3) is 7.10. The SMILES string of the molecule is C/C=C/CCC(C)CC(=O)O. The highest BCUT2D eigenvalue weighted by Gasteiger charge is 2.05. The average molecular weight is 156 g/mol. The Labute approximate surface area is 67.9 Å². The monoisotopic (exact) mass is 156 g/mol. The molecule has 0 aromatic heterocycles. The van der Waals surface area contributed by atoms with Gasteiger partial charge in [0.2, 0.25) is 0 Å². The summed E-state index contributed by atoms with van der Waals surface area (Å²) in [5.41, 5.74) is 0. The lowest BCUT2D eigenvalue weighted by atomic mass is 10.0. The maximum atomic E-state index is 10.2. The van der Waals surface area contributed by atoms with E-state index in [2.05, 4.69) is 6.08 Å². The second-order valence-electron chi connectivity index (χ2n) is 2.85. The molecule has 64 valence electrons. The predicted molar refractivity (Wildman–Crippen MR) is 45.5 cm³/mol. The molecule has 0 aliphatic heterocycles. The molecule has 1 atom stereocenters. The van der Waals surface area contributed by atoms with E-state index in [-0.39, 0.29) is 6.42 Å². The number of allylic oxidation sites excluding steroid dienone is 2. The van der Waals surface area contributed by atoms with Gasteiger partial charge < -0.3 is 5.11 Å². The number of aliphatic carboxylic acids is 1. The van der Waals surface area contributed by atoms with Crippen molar-refractivity contribution in [3.8, 4) is 0 Å². The molecular formula is C9H16O2. The van der Waals surface area contributed by atoms with E-state index < -0.39 is 5.97 Å². The fourth-order valence-corrected chi connectivity index (χ4v) is 0.948. The van der Waals surface area contributed by atoms with Gasteiger partial charge in [0.25, 0.3) is 0 Å². The van der Waals surface area contributed by atoms with Crippen LogP contribution in [0.4, 0.5) is 0 Å². The molecule has 1 N–H and O–H groups in total. The first-order chi connectivity index (χ1) is 5.16. The van der Waals surface area contributed by atoms with Crippen LogP contribution in [0.25, 0.3) is 0 Å². The van der Waals surface area contributed by atoms with Gasteiger partial charge in [-0.15, -0.1) is 0 Å². The highest BCUT2D eigenvalue weighted by molar-refractivity contribution is 5.66. The lowest BCUT2D eigenvalue weighted by Crippen LogP contribution is -2.03. The van der Waals surface area contributed by atoms with Crippen LogP contribution in [0.3, 0.4) is 0 Å². The average Bonchev–Trinajstić information content (AvgIpc) is 1.86. The summed E-state index contributed by atoms with van der Waals surface area (Å²) in [6.07, 6.45) is 6.31. The van der Waals surface area contributed by atoms with Gasteiger partial charge in [-0.25, -0.2) is 0 Å². The first-order valence-corrected chi connectivity index (χ1v) is 3.99. The Kier molecular flexibility index (Phi) is 5.53. The second kappa shape index (κ2) is 5.96. The first kappa shape index (κ1) is 10.2. The Morgan fingerprint density at radius 2 is 2.27 bits per heavy atom. The molecule has 0 saturated carbocycles. The molecule has 0 aromatic carbocycles. The zero-order valence-electron chi connectivity index (χ0n) is 7.21. The van der Waals surface area contributed by atoms with Gasteiger partial charge in [0.1, 0.15) is 0 Å². The van der Waals surface area contributed by atoms with Gasteiger partial charge in [0, 0.05) is 6.42 Å². The summed E-state index contributed by atoms with van der Waals surface area (Å²) in [4.78, 5) is 10.2. The van der Waals surface area contributed by atoms with Crippen molar-refractivity contribution in [1.82, 2.24) is 0 Å². The van der Waals surface area contributed by atoms with Crippen molar-refractivity contribution in [2.75, 3.05) is 0 Å². The van der Waals surface area contributed by atoms with E-state index in [0.717, 1.165) is 12.8 Å². The van der Waals surface area contributed by atoms with Crippen molar-refractivity contribution in [2.24, 2.45) is 5.92 Å². The first-order valence-electron chi connectivity index (χ1n) is 3.99. The molecule has 1 unspecified atom stereocenters. The maximum absolute atomic E-state index is 10.2. The van der Waals surface area contributed by atoms with Gasteiger partial charge in [-0.05, 0) is 25.7 Å². The highest BCUT2D eigenvalue weighted by atomic mass is 16.4. The van der Waals surface area contributed by atoms with Gasteiger partial charge in [-0.3, -0.25) is 4.79 Å². The molecule has 11 heavy (non-hydrogen) atoms. The van der Waals surface area contributed by atoms with Crippen LogP contribution in [0.15, 0.2) is 12.2 Å². The van der Waals surface area contributed by atoms with Crippen molar-refractivity contribution >= 4 is 5.97 Å². The van der Waals surface area contributed by atoms with Crippen LogP contribution in [0.2, 0.25) is 0 Å². The van der Waals surface area contributed by atoms with Crippen LogP contribution in [-0.4, -0.2) is 11.1 Å². The van der Waals surface area contributed by atoms with Crippen molar-refractivity contribution in [1.29, 1.82) is 0 Å². The maximum Gasteiger partial charge on any atom is 0.303 e. The minimum Gasteiger partial charge on any atom is -0.481 e. The Morgan fingerprint density at radius 1 is 1.64 bits per heavy atom. The standard InChI is InChI=1S/C9H16O2/c1-3-4-5-6-8(2)7-9(10)11/h3-4,8H,5-7H2,1-2H3,(H,10,11)/b4-3+. The Balaban J connectivity index is 3.36. The molecule has 2 heteroatoms. The molecule has 0 rings (SSSR count). The van der Waals surface area contributed by atoms with Crippen LogP contribution in [0.5, 0.6) is 0 Å². The van der Waals surface area contributed by atoms with Crippen LogP contribution in [0, 0.1) is 5.92 Å². The van der Waals surface area contributed by atoms with Crippen molar-refractivity contribution in [2.45, 2.75) is 33.1 Å². The molecule has 0 radical (unpaired) electrons. The van der Waals surface area contributed by atoms with Crippen LogP contribution >= 0.6 is 0 Å². The number of hydrogen-bond donors (Lipinski definition) is 1. The number of carboxylic acids is 1. The van der Waals surface area contributed by atoms with Crippen LogP contribution in [0.1, 0.15) is 33.1 Å². The van der Waals surface area contributed by atoms with Crippen molar-refractivity contribution in [3.63, 3.8) is 0 Å². The normalized spacial score (nSPS) is 13.6. The number of hydrogen-bond acceptors (Lipinski definition) is 1. The summed E-state index contributed by atoms with van der Waals surface area (Å²) in [5.74, 6) is -0.401. The molecule has 0 fully saturated rings. The van der Waals surface area contributed by atoms with Crippen LogP contribution in [-0.2, 0) is 4.79 Å². The van der Waals surface area contributed by atoms with Gasteiger partial charge in [-0.1, -0.05) is 19.1 Å². The quantitative estimate of drug-likeness (QED) is 0.621. The molecule has 2 nitrogen and oxygen atoms in total. The summed E-state index contributed by atoms with van der Waals surface area (Å²) in [6.45, 7) is 3.94. The number of rotatable bonds is 5. The summed E-state index contributed by atoms with van der Waals surface area (Å²) in [5, 5.41) is 8.42. The molecule has 0 spiro atoms. The molecule has 0 heterocycles. The predicted octanol–water partition coefficient (Wildman–Crippen LogP) is 2.45. The van der Waals surface area contributed by atoms with E-state index in [9.17, 15) is 4.79 Å². The van der Waals surface area contributed by atoms with E-state index >= 15 is 0 Å². The molecule has 0 bridgehead atoms. The smallest absolute Gasteiger partial charge is 0.303 e. The second-order valence-corrected chi connectivity index (χ2v) is 2.85. The third-order valence-electron chi connectivity index (χ3n) is 1.58. The largest absolute Gasteiger partial charge is 0.481 e. The topological polar surface area (TPSA) is 37.3 Å². The van der Waals surface area contributed by atoms with E-state index in [4.69, 9.17) is 5.11 Å². The minimum atomic E-state index is -0.696. The number of carboxylic acid groups (broad SMARTS) is 1. The number of carbonyl (C=O) groups is 1. The van der Waals surface area contributed by atoms with Gasteiger partial charge in [-0.2, -0.15) is 0 Å². The Morgan fingerprint density at radius 3 is 2.73 bits per heavy atom. The summed E-state index contributed by atoms with van der Waals surface area (Å²) < 4.78 is 0. The zero-order valence-corrected chi connectivity index (χ0v) is 7.21. The fourth-order valence-electron chi connectivity index (χ4n) is 0.948. The summed E-state index contributed by atoms with van der Waals surface area (Å²) in [7, 11) is 0. The Hall–Kier alpha value is -0.790. The third-order valence-corrected chi connectivity index (χ3v) is 1.58. The van der Waals surface area contributed by atoms with Crippen molar-refractivity contribution < 1.29 is 9.90 Å². The molecule has 0 aliphatic rings. The summed E-state index contributed by atoms with van der Waals surface area (Å²) >= 11 is 0. The summed E-state index contributed by atoms with van der Waals surface area (Å²) in [6, 6.07) is 0. The minimum absolute atomic E-state index is 0.289. The molecule has 0 aromatic rings. The lowest BCUT2D eigenvalue weighted by Gasteiger charge is -2.04. The van der Waals surface area contributed by atoms with Gasteiger partial charge in [0.15, 0.2) is 0 Å². The molecular weight excluding hydrogens is 140 g/mol. The highest BCUT2D eigenvalue weighted by Crippen LogP contribution is 2.09. The van der Waals surface area contributed by atoms with E-state index in [0.29, 0.717) is 5.92 Å².